The summed E-state index contributed by atoms with van der Waals surface area (Å²) in [6.45, 7) is 5.00. The van der Waals surface area contributed by atoms with E-state index in [4.69, 9.17) is 9.47 Å². The number of carbonyl (C=O) groups is 4. The quantitative estimate of drug-likeness (QED) is 0.374. The first-order valence-corrected chi connectivity index (χ1v) is 9.79. The molecule has 172 valence electrons. The Morgan fingerprint density at radius 1 is 0.968 bits per heavy atom. The lowest BCUT2D eigenvalue weighted by Crippen LogP contribution is -2.44. The highest BCUT2D eigenvalue weighted by molar-refractivity contribution is 5.81. The first kappa shape index (κ1) is 25.7. The van der Waals surface area contributed by atoms with Gasteiger partial charge in [0.15, 0.2) is 0 Å². The van der Waals surface area contributed by atoms with Crippen molar-refractivity contribution >= 4 is 24.1 Å². The fraction of sp³-hybridized carbons (Fsp3) is 0.524. The standard InChI is InChI=1S/C21H30N2O8/c1-21(2,3)31-20(28)22-15(17(24)25)11-8-12-16(18(26)29-4)23-19(27)30-13-14-9-6-5-7-10-14/h5-7,9-10,15-16H,8,11-13H2,1-4H3,(H,22,28)(H,23,27)(H,24,25)/t15-,16+/m0/s1. The van der Waals surface area contributed by atoms with E-state index < -0.39 is 41.8 Å². The topological polar surface area (TPSA) is 140 Å². The first-order valence-electron chi connectivity index (χ1n) is 9.79. The molecule has 0 aliphatic heterocycles. The van der Waals surface area contributed by atoms with E-state index in [2.05, 4.69) is 15.4 Å². The average Bonchev–Trinajstić information content (AvgIpc) is 2.69. The molecule has 1 rings (SSSR count). The number of rotatable bonds is 10. The van der Waals surface area contributed by atoms with E-state index in [0.29, 0.717) is 0 Å². The van der Waals surface area contributed by atoms with Gasteiger partial charge >= 0.3 is 24.1 Å². The molecular formula is C21H30N2O8. The van der Waals surface area contributed by atoms with Crippen molar-refractivity contribution in [2.24, 2.45) is 0 Å². The van der Waals surface area contributed by atoms with Crippen molar-refractivity contribution in [3.8, 4) is 0 Å². The summed E-state index contributed by atoms with van der Waals surface area (Å²) in [5, 5.41) is 14.0. The summed E-state index contributed by atoms with van der Waals surface area (Å²) in [6, 6.07) is 6.78. The van der Waals surface area contributed by atoms with E-state index in [9.17, 15) is 24.3 Å². The number of ether oxygens (including phenoxy) is 3. The summed E-state index contributed by atoms with van der Waals surface area (Å²) in [4.78, 5) is 47.2. The number of alkyl carbamates (subject to hydrolysis) is 2. The second-order valence-corrected chi connectivity index (χ2v) is 7.75. The maximum Gasteiger partial charge on any atom is 0.408 e. The zero-order chi connectivity index (χ0) is 23.4. The Labute approximate surface area is 181 Å². The minimum absolute atomic E-state index is 0.0167. The molecule has 3 N–H and O–H groups in total. The van der Waals surface area contributed by atoms with Crippen LogP contribution in [0.25, 0.3) is 0 Å². The molecule has 1 aromatic rings. The Kier molecular flexibility index (Phi) is 10.3. The highest BCUT2D eigenvalue weighted by atomic mass is 16.6. The molecule has 0 aromatic heterocycles. The predicted octanol–water partition coefficient (Wildman–Crippen LogP) is 2.60. The average molecular weight is 438 g/mol. The van der Waals surface area contributed by atoms with Gasteiger partial charge in [-0.15, -0.1) is 0 Å². The third-order valence-corrected chi connectivity index (χ3v) is 3.97. The van der Waals surface area contributed by atoms with Crippen LogP contribution >= 0.6 is 0 Å². The number of esters is 1. The number of nitrogens with one attached hydrogen (secondary N) is 2. The summed E-state index contributed by atoms with van der Waals surface area (Å²) in [7, 11) is 1.18. The van der Waals surface area contributed by atoms with E-state index in [1.807, 2.05) is 6.07 Å². The largest absolute Gasteiger partial charge is 0.480 e. The van der Waals surface area contributed by atoms with Gasteiger partial charge < -0.3 is 30.0 Å². The van der Waals surface area contributed by atoms with Crippen molar-refractivity contribution in [3.05, 3.63) is 35.9 Å². The molecule has 1 aromatic carbocycles. The van der Waals surface area contributed by atoms with Crippen LogP contribution in [-0.4, -0.2) is 54.0 Å². The Hall–Kier alpha value is -3.30. The van der Waals surface area contributed by atoms with Gasteiger partial charge in [-0.25, -0.2) is 19.2 Å². The molecule has 0 radical (unpaired) electrons. The molecule has 0 aliphatic rings. The Morgan fingerprint density at radius 2 is 1.55 bits per heavy atom. The van der Waals surface area contributed by atoms with E-state index in [1.165, 1.54) is 7.11 Å². The number of carboxylic acid groups (broad SMARTS) is 1. The second-order valence-electron chi connectivity index (χ2n) is 7.75. The minimum Gasteiger partial charge on any atom is -0.480 e. The molecule has 0 aliphatic carbocycles. The van der Waals surface area contributed by atoms with Crippen molar-refractivity contribution in [3.63, 3.8) is 0 Å². The number of amides is 2. The molecule has 0 unspecified atom stereocenters. The van der Waals surface area contributed by atoms with Crippen LogP contribution < -0.4 is 10.6 Å². The smallest absolute Gasteiger partial charge is 0.408 e. The number of hydrogen-bond acceptors (Lipinski definition) is 7. The van der Waals surface area contributed by atoms with Crippen LogP contribution in [0.2, 0.25) is 0 Å². The van der Waals surface area contributed by atoms with Gasteiger partial charge in [0.05, 0.1) is 7.11 Å². The number of carboxylic acids is 1. The molecule has 31 heavy (non-hydrogen) atoms. The van der Waals surface area contributed by atoms with Gasteiger partial charge in [-0.2, -0.15) is 0 Å². The van der Waals surface area contributed by atoms with Crippen LogP contribution in [0.1, 0.15) is 45.6 Å². The number of carbonyl (C=O) groups excluding carboxylic acids is 3. The molecule has 0 heterocycles. The second kappa shape index (κ2) is 12.4. The van der Waals surface area contributed by atoms with Crippen LogP contribution in [0, 0.1) is 0 Å². The number of benzene rings is 1. The van der Waals surface area contributed by atoms with Crippen LogP contribution in [-0.2, 0) is 30.4 Å². The van der Waals surface area contributed by atoms with Gasteiger partial charge in [-0.05, 0) is 45.6 Å². The van der Waals surface area contributed by atoms with E-state index >= 15 is 0 Å². The molecule has 2 amide bonds. The maximum atomic E-state index is 12.0. The first-order chi connectivity index (χ1) is 14.5. The third kappa shape index (κ3) is 10.9. The van der Waals surface area contributed by atoms with Gasteiger partial charge in [0.1, 0.15) is 24.3 Å². The maximum absolute atomic E-state index is 12.0. The summed E-state index contributed by atoms with van der Waals surface area (Å²) < 4.78 is 14.8. The lowest BCUT2D eigenvalue weighted by atomic mass is 10.1. The highest BCUT2D eigenvalue weighted by Crippen LogP contribution is 2.10. The van der Waals surface area contributed by atoms with E-state index in [-0.39, 0.29) is 25.9 Å². The number of aliphatic carboxylic acids is 1. The van der Waals surface area contributed by atoms with Crippen LogP contribution in [0.3, 0.4) is 0 Å². The number of hydrogen-bond donors (Lipinski definition) is 3. The van der Waals surface area contributed by atoms with Crippen molar-refractivity contribution in [1.82, 2.24) is 10.6 Å². The van der Waals surface area contributed by atoms with Gasteiger partial charge in [-0.1, -0.05) is 30.3 Å². The van der Waals surface area contributed by atoms with Crippen molar-refractivity contribution in [2.75, 3.05) is 7.11 Å². The lowest BCUT2D eigenvalue weighted by Gasteiger charge is -2.22. The molecule has 0 fully saturated rings. The summed E-state index contributed by atoms with van der Waals surface area (Å²) >= 11 is 0. The lowest BCUT2D eigenvalue weighted by molar-refractivity contribution is -0.143. The normalized spacial score (nSPS) is 12.8. The molecule has 0 saturated heterocycles. The fourth-order valence-electron chi connectivity index (χ4n) is 2.53. The van der Waals surface area contributed by atoms with Gasteiger partial charge in [0.2, 0.25) is 0 Å². The summed E-state index contributed by atoms with van der Waals surface area (Å²) in [6.07, 6.45) is -1.35. The monoisotopic (exact) mass is 438 g/mol. The predicted molar refractivity (Wildman–Crippen MR) is 110 cm³/mol. The molecule has 2 atom stereocenters. The number of methoxy groups -OCH3 is 1. The summed E-state index contributed by atoms with van der Waals surface area (Å²) in [5.41, 5.74) is 0.0115. The third-order valence-electron chi connectivity index (χ3n) is 3.97. The minimum atomic E-state index is -1.24. The van der Waals surface area contributed by atoms with Gasteiger partial charge in [0, 0.05) is 0 Å². The molecule has 10 nitrogen and oxygen atoms in total. The molecule has 0 saturated carbocycles. The highest BCUT2D eigenvalue weighted by Gasteiger charge is 2.26. The van der Waals surface area contributed by atoms with E-state index in [1.54, 1.807) is 45.0 Å². The molecule has 0 bridgehead atoms. The SMILES string of the molecule is COC(=O)[C@@H](CCC[C@H](NC(=O)OC(C)(C)C)C(=O)O)NC(=O)OCc1ccccc1. The van der Waals surface area contributed by atoms with Gasteiger partial charge in [-0.3, -0.25) is 0 Å². The summed E-state index contributed by atoms with van der Waals surface area (Å²) in [5.74, 6) is -1.93. The van der Waals surface area contributed by atoms with Crippen molar-refractivity contribution in [2.45, 2.75) is 64.3 Å². The van der Waals surface area contributed by atoms with Crippen molar-refractivity contribution in [1.29, 1.82) is 0 Å². The zero-order valence-electron chi connectivity index (χ0n) is 18.2. The van der Waals surface area contributed by atoms with Crippen LogP contribution in [0.4, 0.5) is 9.59 Å². The van der Waals surface area contributed by atoms with Gasteiger partial charge in [0.25, 0.3) is 0 Å². The van der Waals surface area contributed by atoms with Crippen molar-refractivity contribution < 1.29 is 38.5 Å². The van der Waals surface area contributed by atoms with E-state index in [0.717, 1.165) is 5.56 Å². The Balaban J connectivity index is 2.56. The molecule has 10 heteroatoms. The molecular weight excluding hydrogens is 408 g/mol. The molecule has 0 spiro atoms. The Morgan fingerprint density at radius 3 is 2.10 bits per heavy atom. The Bertz CT molecular complexity index is 745. The fourth-order valence-corrected chi connectivity index (χ4v) is 2.53. The van der Waals surface area contributed by atoms with Crippen LogP contribution in [0.5, 0.6) is 0 Å². The van der Waals surface area contributed by atoms with Crippen LogP contribution in [0.15, 0.2) is 30.3 Å². The zero-order valence-corrected chi connectivity index (χ0v) is 18.2.